The van der Waals surface area contributed by atoms with Gasteiger partial charge in [0.25, 0.3) is 0 Å². The van der Waals surface area contributed by atoms with E-state index < -0.39 is 5.92 Å². The summed E-state index contributed by atoms with van der Waals surface area (Å²) in [6.45, 7) is 3.95. The van der Waals surface area contributed by atoms with Gasteiger partial charge in [-0.2, -0.15) is 0 Å². The molecule has 110 valence electrons. The Morgan fingerprint density at radius 1 is 0.895 bits per heavy atom. The van der Waals surface area contributed by atoms with Gasteiger partial charge < -0.3 is 26.4 Å². The van der Waals surface area contributed by atoms with E-state index in [4.69, 9.17) is 5.11 Å². The van der Waals surface area contributed by atoms with Crippen LogP contribution < -0.4 is 21.3 Å². The standard InChI is InChI=1S/C12H24N4O3/c17-9-2-10-11(18)15-7-5-13-3-1-4-14-6-8-16-12(10)19/h10,13-14,17H,1-9H2,(H,15,18)(H,16,19). The highest BCUT2D eigenvalue weighted by Crippen LogP contribution is 2.02. The molecule has 0 unspecified atom stereocenters. The molecule has 0 radical (unpaired) electrons. The maximum atomic E-state index is 11.9. The average Bonchev–Trinajstić information content (AvgIpc) is 2.40. The molecule has 1 fully saturated rings. The van der Waals surface area contributed by atoms with Crippen molar-refractivity contribution in [3.05, 3.63) is 0 Å². The van der Waals surface area contributed by atoms with Crippen LogP contribution in [0.15, 0.2) is 0 Å². The molecule has 5 N–H and O–H groups in total. The molecule has 19 heavy (non-hydrogen) atoms. The first-order valence-corrected chi connectivity index (χ1v) is 6.83. The van der Waals surface area contributed by atoms with E-state index in [9.17, 15) is 9.59 Å². The zero-order valence-corrected chi connectivity index (χ0v) is 11.2. The van der Waals surface area contributed by atoms with Crippen LogP contribution in [0.5, 0.6) is 0 Å². The van der Waals surface area contributed by atoms with E-state index in [-0.39, 0.29) is 24.8 Å². The monoisotopic (exact) mass is 272 g/mol. The second kappa shape index (κ2) is 9.71. The van der Waals surface area contributed by atoms with Gasteiger partial charge in [-0.05, 0) is 25.9 Å². The van der Waals surface area contributed by atoms with Gasteiger partial charge in [-0.3, -0.25) is 9.59 Å². The number of carbonyl (C=O) groups excluding carboxylic acids is 2. The first-order valence-electron chi connectivity index (χ1n) is 6.83. The van der Waals surface area contributed by atoms with E-state index in [1.54, 1.807) is 0 Å². The lowest BCUT2D eigenvalue weighted by molar-refractivity contribution is -0.135. The summed E-state index contributed by atoms with van der Waals surface area (Å²) in [7, 11) is 0. The average molecular weight is 272 g/mol. The van der Waals surface area contributed by atoms with Crippen molar-refractivity contribution in [2.45, 2.75) is 12.8 Å². The maximum Gasteiger partial charge on any atom is 0.232 e. The molecule has 0 aromatic heterocycles. The topological polar surface area (TPSA) is 102 Å². The van der Waals surface area contributed by atoms with E-state index in [1.807, 2.05) is 0 Å². The van der Waals surface area contributed by atoms with Crippen molar-refractivity contribution in [1.29, 1.82) is 0 Å². The summed E-state index contributed by atoms with van der Waals surface area (Å²) < 4.78 is 0. The number of hydrogen-bond donors (Lipinski definition) is 5. The third kappa shape index (κ3) is 6.51. The van der Waals surface area contributed by atoms with Gasteiger partial charge in [-0.25, -0.2) is 0 Å². The van der Waals surface area contributed by atoms with Crippen LogP contribution in [0.4, 0.5) is 0 Å². The molecule has 0 aromatic carbocycles. The van der Waals surface area contributed by atoms with Crippen molar-refractivity contribution in [2.24, 2.45) is 5.92 Å². The smallest absolute Gasteiger partial charge is 0.232 e. The van der Waals surface area contributed by atoms with Gasteiger partial charge in [-0.15, -0.1) is 0 Å². The van der Waals surface area contributed by atoms with E-state index in [0.717, 1.165) is 19.5 Å². The molecular formula is C12H24N4O3. The van der Waals surface area contributed by atoms with E-state index >= 15 is 0 Å². The molecule has 1 saturated heterocycles. The molecule has 7 heteroatoms. The Hall–Kier alpha value is -1.18. The summed E-state index contributed by atoms with van der Waals surface area (Å²) >= 11 is 0. The number of aliphatic hydroxyl groups excluding tert-OH is 1. The quantitative estimate of drug-likeness (QED) is 0.367. The number of nitrogens with one attached hydrogen (secondary N) is 4. The van der Waals surface area contributed by atoms with Gasteiger partial charge in [0.05, 0.1) is 0 Å². The summed E-state index contributed by atoms with van der Waals surface area (Å²) in [4.78, 5) is 23.7. The predicted octanol–water partition coefficient (Wildman–Crippen LogP) is -2.20. The minimum absolute atomic E-state index is 0.151. The Bertz CT molecular complexity index is 262. The van der Waals surface area contributed by atoms with E-state index in [2.05, 4.69) is 21.3 Å². The number of carbonyl (C=O) groups is 2. The summed E-state index contributed by atoms with van der Waals surface area (Å²) in [5.74, 6) is -1.45. The molecular weight excluding hydrogens is 248 g/mol. The minimum Gasteiger partial charge on any atom is -0.396 e. The van der Waals surface area contributed by atoms with Crippen LogP contribution in [0.25, 0.3) is 0 Å². The van der Waals surface area contributed by atoms with Crippen molar-refractivity contribution in [3.63, 3.8) is 0 Å². The molecule has 0 spiro atoms. The molecule has 0 aromatic rings. The summed E-state index contributed by atoms with van der Waals surface area (Å²) in [5, 5.41) is 20.8. The summed E-state index contributed by atoms with van der Waals surface area (Å²) in [5.41, 5.74) is 0. The van der Waals surface area contributed by atoms with E-state index in [1.165, 1.54) is 0 Å². The number of amides is 2. The second-order valence-corrected chi connectivity index (χ2v) is 4.50. The fourth-order valence-corrected chi connectivity index (χ4v) is 1.89. The van der Waals surface area contributed by atoms with Gasteiger partial charge in [0.15, 0.2) is 0 Å². The van der Waals surface area contributed by atoms with Gasteiger partial charge in [-0.1, -0.05) is 0 Å². The van der Waals surface area contributed by atoms with Crippen LogP contribution in [0.1, 0.15) is 12.8 Å². The summed E-state index contributed by atoms with van der Waals surface area (Å²) in [6, 6.07) is 0. The zero-order chi connectivity index (χ0) is 13.9. The number of hydrogen-bond acceptors (Lipinski definition) is 5. The molecule has 0 bridgehead atoms. The second-order valence-electron chi connectivity index (χ2n) is 4.50. The van der Waals surface area contributed by atoms with Crippen LogP contribution in [0, 0.1) is 5.92 Å². The summed E-state index contributed by atoms with van der Waals surface area (Å²) in [6.07, 6.45) is 1.16. The van der Waals surface area contributed by atoms with Gasteiger partial charge >= 0.3 is 0 Å². The Kier molecular flexibility index (Phi) is 8.11. The highest BCUT2D eigenvalue weighted by Gasteiger charge is 2.25. The fraction of sp³-hybridized carbons (Fsp3) is 0.833. The molecule has 0 aliphatic carbocycles. The first kappa shape index (κ1) is 15.9. The third-order valence-corrected chi connectivity index (χ3v) is 2.96. The van der Waals surface area contributed by atoms with Crippen LogP contribution in [0.3, 0.4) is 0 Å². The SMILES string of the molecule is O=C1NCCNCCCNCCNC(=O)C1CCO. The number of aliphatic hydroxyl groups is 1. The minimum atomic E-state index is -0.812. The highest BCUT2D eigenvalue weighted by atomic mass is 16.3. The lowest BCUT2D eigenvalue weighted by Gasteiger charge is -2.17. The highest BCUT2D eigenvalue weighted by molar-refractivity contribution is 6.00. The lowest BCUT2D eigenvalue weighted by atomic mass is 10.0. The Labute approximate surface area is 113 Å². The van der Waals surface area contributed by atoms with Crippen LogP contribution >= 0.6 is 0 Å². The Morgan fingerprint density at radius 3 is 1.89 bits per heavy atom. The van der Waals surface area contributed by atoms with Gasteiger partial charge in [0, 0.05) is 32.8 Å². The molecule has 0 atom stereocenters. The first-order chi connectivity index (χ1) is 9.25. The molecule has 2 amide bonds. The number of rotatable bonds is 2. The molecule has 1 heterocycles. The maximum absolute atomic E-state index is 11.9. The Balaban J connectivity index is 2.50. The molecule has 0 saturated carbocycles. The van der Waals surface area contributed by atoms with Crippen molar-refractivity contribution in [3.8, 4) is 0 Å². The normalized spacial score (nSPS) is 21.3. The molecule has 1 aliphatic rings. The fourth-order valence-electron chi connectivity index (χ4n) is 1.89. The van der Waals surface area contributed by atoms with Gasteiger partial charge in [0.2, 0.25) is 11.8 Å². The van der Waals surface area contributed by atoms with Crippen LogP contribution in [-0.2, 0) is 9.59 Å². The lowest BCUT2D eigenvalue weighted by Crippen LogP contribution is -2.45. The van der Waals surface area contributed by atoms with Crippen molar-refractivity contribution >= 4 is 11.8 Å². The molecule has 7 nitrogen and oxygen atoms in total. The predicted molar refractivity (Wildman–Crippen MR) is 71.6 cm³/mol. The molecule has 1 aliphatic heterocycles. The Morgan fingerprint density at radius 2 is 1.42 bits per heavy atom. The third-order valence-electron chi connectivity index (χ3n) is 2.96. The van der Waals surface area contributed by atoms with Crippen LogP contribution in [0.2, 0.25) is 0 Å². The molecule has 1 rings (SSSR count). The van der Waals surface area contributed by atoms with Crippen molar-refractivity contribution < 1.29 is 14.7 Å². The van der Waals surface area contributed by atoms with Gasteiger partial charge in [0.1, 0.15) is 5.92 Å². The van der Waals surface area contributed by atoms with Crippen LogP contribution in [-0.4, -0.2) is 62.8 Å². The van der Waals surface area contributed by atoms with E-state index in [0.29, 0.717) is 26.2 Å². The van der Waals surface area contributed by atoms with Crippen molar-refractivity contribution in [1.82, 2.24) is 21.3 Å². The largest absolute Gasteiger partial charge is 0.396 e. The van der Waals surface area contributed by atoms with Crippen molar-refractivity contribution in [2.75, 3.05) is 45.9 Å². The zero-order valence-electron chi connectivity index (χ0n) is 11.2.